The van der Waals surface area contributed by atoms with E-state index >= 15 is 0 Å². The van der Waals surface area contributed by atoms with E-state index in [2.05, 4.69) is 123 Å². The van der Waals surface area contributed by atoms with E-state index in [9.17, 15) is 0 Å². The van der Waals surface area contributed by atoms with Gasteiger partial charge < -0.3 is 24.9 Å². The molecule has 0 atom stereocenters. The maximum absolute atomic E-state index is 4.85. The first-order chi connectivity index (χ1) is 24.5. The molecule has 2 aromatic carbocycles. The molecule has 0 aliphatic heterocycles. The average Bonchev–Trinajstić information content (AvgIpc) is 3.88. The van der Waals surface area contributed by atoms with Gasteiger partial charge in [0, 0.05) is 54.2 Å². The molecule has 0 aliphatic rings. The Balaban J connectivity index is 0.000000180. The van der Waals surface area contributed by atoms with Crippen LogP contribution >= 0.6 is 0 Å². The number of nitrogens with one attached hydrogen (secondary N) is 5. The number of nitrogens with zero attached hydrogens (tertiary/aromatic N) is 5. The summed E-state index contributed by atoms with van der Waals surface area (Å²) < 4.78 is 0. The van der Waals surface area contributed by atoms with Gasteiger partial charge in [0.25, 0.3) is 0 Å². The van der Waals surface area contributed by atoms with Crippen LogP contribution in [0, 0.1) is 55.4 Å². The normalized spacial score (nSPS) is 10.8. The molecular weight excluding hydrogens is 633 g/mol. The van der Waals surface area contributed by atoms with Gasteiger partial charge in [-0.2, -0.15) is 0 Å². The zero-order valence-corrected chi connectivity index (χ0v) is 31.5. The lowest BCUT2D eigenvalue weighted by Crippen LogP contribution is -2.00. The number of aryl methyl sites for hydroxylation is 9. The first-order valence-corrected chi connectivity index (χ1v) is 17.7. The SMILES string of the molecule is CCc1nc(C)[nH]c1C.Cc1nc(Cc2[nH]c(C)nc2Cc2nc(Cc3ccccc3)[nH]c2C)c(C)[nH]1.Cc1nc(Cc2ccccc2)[nH]c1C. The first kappa shape index (κ1) is 36.8. The first-order valence-electron chi connectivity index (χ1n) is 17.7. The maximum atomic E-state index is 4.85. The van der Waals surface area contributed by atoms with Gasteiger partial charge >= 0.3 is 0 Å². The van der Waals surface area contributed by atoms with Crippen molar-refractivity contribution in [1.29, 1.82) is 0 Å². The predicted molar refractivity (Wildman–Crippen MR) is 204 cm³/mol. The van der Waals surface area contributed by atoms with E-state index in [0.717, 1.165) is 100 Å². The Morgan fingerprint density at radius 2 is 0.863 bits per heavy atom. The fourth-order valence-electron chi connectivity index (χ4n) is 6.14. The Bertz CT molecular complexity index is 2100. The van der Waals surface area contributed by atoms with E-state index in [-0.39, 0.29) is 0 Å². The van der Waals surface area contributed by atoms with Crippen molar-refractivity contribution in [3.8, 4) is 0 Å². The molecule has 266 valence electrons. The van der Waals surface area contributed by atoms with Crippen molar-refractivity contribution in [3.63, 3.8) is 0 Å². The quantitative estimate of drug-likeness (QED) is 0.105. The third kappa shape index (κ3) is 10.3. The second-order valence-corrected chi connectivity index (χ2v) is 13.2. The minimum Gasteiger partial charge on any atom is -0.346 e. The predicted octanol–water partition coefficient (Wildman–Crippen LogP) is 8.07. The summed E-state index contributed by atoms with van der Waals surface area (Å²) in [6.07, 6.45) is 4.16. The van der Waals surface area contributed by atoms with Gasteiger partial charge in [0.05, 0.1) is 28.5 Å². The third-order valence-corrected chi connectivity index (χ3v) is 8.85. The van der Waals surface area contributed by atoms with Crippen molar-refractivity contribution in [2.24, 2.45) is 0 Å². The van der Waals surface area contributed by atoms with E-state index in [4.69, 9.17) is 9.97 Å². The molecule has 10 nitrogen and oxygen atoms in total. The average molecular weight is 685 g/mol. The molecule has 0 saturated carbocycles. The van der Waals surface area contributed by atoms with Gasteiger partial charge in [0.1, 0.15) is 29.1 Å². The lowest BCUT2D eigenvalue weighted by Gasteiger charge is -2.02. The van der Waals surface area contributed by atoms with Crippen LogP contribution in [-0.2, 0) is 32.1 Å². The highest BCUT2D eigenvalue weighted by atomic mass is 15.0. The van der Waals surface area contributed by atoms with Crippen LogP contribution in [0.15, 0.2) is 60.7 Å². The van der Waals surface area contributed by atoms with E-state index in [1.54, 1.807) is 0 Å². The number of aromatic nitrogens is 10. The number of hydrogen-bond donors (Lipinski definition) is 5. The molecule has 0 amide bonds. The molecule has 5 aromatic heterocycles. The number of imidazole rings is 5. The highest BCUT2D eigenvalue weighted by molar-refractivity contribution is 5.30. The maximum Gasteiger partial charge on any atom is 0.111 e. The molecule has 0 unspecified atom stereocenters. The van der Waals surface area contributed by atoms with Gasteiger partial charge in [0.15, 0.2) is 0 Å². The van der Waals surface area contributed by atoms with Crippen LogP contribution < -0.4 is 0 Å². The van der Waals surface area contributed by atoms with Gasteiger partial charge in [-0.05, 0) is 72.9 Å². The molecule has 0 fully saturated rings. The lowest BCUT2D eigenvalue weighted by atomic mass is 10.1. The standard InChI is InChI=1S/C22H26N6.C12H14N2.C7H12N2/c1-13-18(25-15(3)23-13)11-20-21(27-16(4)26-20)12-19-14(2)24-22(28-19)10-17-8-6-5-7-9-17;1-9-10(2)14-12(13-9)8-11-6-4-3-5-7-11;1-4-7-5(2)8-6(3)9-7/h5-9H,10-12H2,1-4H3,(H,23,25)(H,24,28)(H,26,27);3-7H,8H2,1-2H3,(H,13,14);4H2,1-3H3,(H,8,9). The van der Waals surface area contributed by atoms with Crippen LogP contribution in [0.5, 0.6) is 0 Å². The summed E-state index contributed by atoms with van der Waals surface area (Å²) in [6.45, 7) is 18.3. The molecule has 10 heteroatoms. The Kier molecular flexibility index (Phi) is 12.2. The van der Waals surface area contributed by atoms with Crippen LogP contribution in [-0.4, -0.2) is 49.8 Å². The highest BCUT2D eigenvalue weighted by Crippen LogP contribution is 2.19. The molecule has 0 bridgehead atoms. The van der Waals surface area contributed by atoms with Gasteiger partial charge in [-0.15, -0.1) is 0 Å². The summed E-state index contributed by atoms with van der Waals surface area (Å²) in [7, 11) is 0. The van der Waals surface area contributed by atoms with E-state index in [1.807, 2.05) is 39.8 Å². The summed E-state index contributed by atoms with van der Waals surface area (Å²) in [6, 6.07) is 20.8. The van der Waals surface area contributed by atoms with Gasteiger partial charge in [-0.1, -0.05) is 67.6 Å². The van der Waals surface area contributed by atoms with Gasteiger partial charge in [0.2, 0.25) is 0 Å². The molecule has 5 N–H and O–H groups in total. The Morgan fingerprint density at radius 1 is 0.412 bits per heavy atom. The number of H-pyrrole nitrogens is 5. The van der Waals surface area contributed by atoms with Gasteiger partial charge in [-0.3, -0.25) is 0 Å². The zero-order chi connectivity index (χ0) is 36.5. The topological polar surface area (TPSA) is 143 Å². The van der Waals surface area contributed by atoms with Crippen LogP contribution in [0.4, 0.5) is 0 Å². The molecule has 0 radical (unpaired) electrons. The van der Waals surface area contributed by atoms with Crippen LogP contribution in [0.3, 0.4) is 0 Å². The molecule has 7 aromatic rings. The molecule has 5 heterocycles. The molecule has 51 heavy (non-hydrogen) atoms. The highest BCUT2D eigenvalue weighted by Gasteiger charge is 2.16. The molecule has 7 rings (SSSR count). The van der Waals surface area contributed by atoms with Crippen LogP contribution in [0.1, 0.15) is 104 Å². The Labute approximate surface area is 301 Å². The van der Waals surface area contributed by atoms with Crippen molar-refractivity contribution in [2.75, 3.05) is 0 Å². The van der Waals surface area contributed by atoms with Crippen molar-refractivity contribution < 1.29 is 0 Å². The van der Waals surface area contributed by atoms with Gasteiger partial charge in [-0.25, -0.2) is 24.9 Å². The van der Waals surface area contributed by atoms with E-state index in [1.165, 1.54) is 22.5 Å². The minimum absolute atomic E-state index is 0.708. The van der Waals surface area contributed by atoms with E-state index < -0.39 is 0 Å². The lowest BCUT2D eigenvalue weighted by molar-refractivity contribution is 0.953. The fourth-order valence-corrected chi connectivity index (χ4v) is 6.14. The Morgan fingerprint density at radius 3 is 1.33 bits per heavy atom. The second kappa shape index (κ2) is 16.9. The molecular formula is C41H52N10. The van der Waals surface area contributed by atoms with E-state index in [0.29, 0.717) is 6.42 Å². The summed E-state index contributed by atoms with van der Waals surface area (Å²) in [4.78, 5) is 39.5. The molecule has 0 spiro atoms. The summed E-state index contributed by atoms with van der Waals surface area (Å²) >= 11 is 0. The summed E-state index contributed by atoms with van der Waals surface area (Å²) in [5.41, 5.74) is 13.7. The second-order valence-electron chi connectivity index (χ2n) is 13.2. The monoisotopic (exact) mass is 684 g/mol. The summed E-state index contributed by atoms with van der Waals surface area (Å²) in [5.74, 6) is 4.92. The third-order valence-electron chi connectivity index (χ3n) is 8.85. The fraction of sp³-hybridized carbons (Fsp3) is 0.341. The Hall–Kier alpha value is -5.51. The smallest absolute Gasteiger partial charge is 0.111 e. The van der Waals surface area contributed by atoms with Crippen molar-refractivity contribution in [1.82, 2.24) is 49.8 Å². The molecule has 0 aliphatic carbocycles. The van der Waals surface area contributed by atoms with Crippen molar-refractivity contribution in [2.45, 2.75) is 94.4 Å². The van der Waals surface area contributed by atoms with Crippen molar-refractivity contribution >= 4 is 0 Å². The number of aromatic amines is 5. The van der Waals surface area contributed by atoms with Crippen LogP contribution in [0.25, 0.3) is 0 Å². The number of benzene rings is 2. The van der Waals surface area contributed by atoms with Crippen molar-refractivity contribution in [3.05, 3.63) is 158 Å². The molecule has 0 saturated heterocycles. The number of hydrogen-bond acceptors (Lipinski definition) is 5. The number of rotatable bonds is 9. The minimum atomic E-state index is 0.708. The zero-order valence-electron chi connectivity index (χ0n) is 31.5. The largest absolute Gasteiger partial charge is 0.346 e. The summed E-state index contributed by atoms with van der Waals surface area (Å²) in [5, 5.41) is 0. The van der Waals surface area contributed by atoms with Crippen LogP contribution in [0.2, 0.25) is 0 Å².